The van der Waals surface area contributed by atoms with Gasteiger partial charge in [-0.15, -0.1) is 5.10 Å². The highest BCUT2D eigenvalue weighted by Crippen LogP contribution is 2.22. The van der Waals surface area contributed by atoms with Gasteiger partial charge in [-0.2, -0.15) is 5.10 Å². The monoisotopic (exact) mass is 391 g/mol. The first-order chi connectivity index (χ1) is 14.0. The van der Waals surface area contributed by atoms with Gasteiger partial charge in [-0.3, -0.25) is 9.98 Å². The van der Waals surface area contributed by atoms with E-state index in [1.54, 1.807) is 32.8 Å². The van der Waals surface area contributed by atoms with Crippen molar-refractivity contribution in [2.24, 2.45) is 10.7 Å². The molecule has 0 saturated carbocycles. The van der Waals surface area contributed by atoms with Gasteiger partial charge in [0.15, 0.2) is 5.82 Å². The largest absolute Gasteiger partial charge is 0.400 e. The van der Waals surface area contributed by atoms with E-state index in [0.717, 1.165) is 27.7 Å². The number of hydrogen-bond acceptors (Lipinski definition) is 8. The van der Waals surface area contributed by atoms with Gasteiger partial charge < -0.3 is 15.8 Å². The molecule has 3 aromatic heterocycles. The molecule has 8 heteroatoms. The van der Waals surface area contributed by atoms with Crippen LogP contribution < -0.4 is 11.1 Å². The summed E-state index contributed by atoms with van der Waals surface area (Å²) in [5.41, 5.74) is 10.9. The van der Waals surface area contributed by atoms with Gasteiger partial charge in [-0.25, -0.2) is 4.98 Å². The Morgan fingerprint density at radius 1 is 1.21 bits per heavy atom. The molecule has 0 spiro atoms. The Labute approximate surface area is 170 Å². The number of aliphatic imine (C=N–C) groups is 1. The first kappa shape index (κ1) is 20.3. The van der Waals surface area contributed by atoms with Crippen LogP contribution in [0.1, 0.15) is 30.9 Å². The third-order valence-electron chi connectivity index (χ3n) is 4.35. The highest BCUT2D eigenvalue weighted by Gasteiger charge is 2.09. The molecule has 0 aliphatic rings. The fourth-order valence-corrected chi connectivity index (χ4v) is 2.82. The zero-order valence-corrected chi connectivity index (χ0v) is 17.0. The zero-order chi connectivity index (χ0) is 20.8. The molecule has 0 aromatic carbocycles. The zero-order valence-electron chi connectivity index (χ0n) is 17.0. The van der Waals surface area contributed by atoms with Crippen molar-refractivity contribution >= 4 is 34.5 Å². The minimum atomic E-state index is 0.305. The van der Waals surface area contributed by atoms with Crippen LogP contribution in [-0.4, -0.2) is 47.1 Å². The van der Waals surface area contributed by atoms with E-state index in [-0.39, 0.29) is 0 Å². The van der Waals surface area contributed by atoms with Gasteiger partial charge in [0.05, 0.1) is 23.8 Å². The third-order valence-corrected chi connectivity index (χ3v) is 4.35. The summed E-state index contributed by atoms with van der Waals surface area (Å²) in [6.45, 7) is 4.53. The number of aromatic nitrogens is 4. The molecule has 3 heterocycles. The van der Waals surface area contributed by atoms with Gasteiger partial charge in [0.1, 0.15) is 5.82 Å². The summed E-state index contributed by atoms with van der Waals surface area (Å²) in [5.74, 6) is 1.67. The summed E-state index contributed by atoms with van der Waals surface area (Å²) in [7, 11) is 3.30. The van der Waals surface area contributed by atoms with Crippen LogP contribution in [-0.2, 0) is 4.74 Å². The number of rotatable bonds is 7. The topological polar surface area (TPSA) is 111 Å². The van der Waals surface area contributed by atoms with Gasteiger partial charge >= 0.3 is 0 Å². The van der Waals surface area contributed by atoms with E-state index in [0.29, 0.717) is 29.9 Å². The van der Waals surface area contributed by atoms with Gasteiger partial charge in [0.25, 0.3) is 0 Å². The smallest absolute Gasteiger partial charge is 0.154 e. The molecule has 0 saturated heterocycles. The lowest BCUT2D eigenvalue weighted by molar-refractivity contribution is 0.225. The summed E-state index contributed by atoms with van der Waals surface area (Å²) >= 11 is 0. The van der Waals surface area contributed by atoms with Crippen LogP contribution in [0.2, 0.25) is 0 Å². The van der Waals surface area contributed by atoms with Gasteiger partial charge in [-0.1, -0.05) is 13.8 Å². The Bertz CT molecular complexity index is 1060. The number of ether oxygens (including phenoxy) is 1. The maximum absolute atomic E-state index is 6.15. The fourth-order valence-electron chi connectivity index (χ4n) is 2.82. The predicted octanol–water partition coefficient (Wildman–Crippen LogP) is 3.30. The molecule has 8 nitrogen and oxygen atoms in total. The minimum absolute atomic E-state index is 0.305. The van der Waals surface area contributed by atoms with E-state index in [2.05, 4.69) is 44.3 Å². The van der Waals surface area contributed by atoms with Crippen LogP contribution in [0.15, 0.2) is 47.3 Å². The van der Waals surface area contributed by atoms with E-state index in [4.69, 9.17) is 10.5 Å². The third kappa shape index (κ3) is 4.91. The molecule has 3 N–H and O–H groups in total. The van der Waals surface area contributed by atoms with Gasteiger partial charge in [0.2, 0.25) is 0 Å². The highest BCUT2D eigenvalue weighted by atomic mass is 16.5. The van der Waals surface area contributed by atoms with Crippen LogP contribution in [0.4, 0.5) is 11.6 Å². The number of nitrogens with zero attached hydrogens (tertiary/aromatic N) is 5. The normalized spacial score (nSPS) is 12.6. The first-order valence-corrected chi connectivity index (χ1v) is 9.28. The summed E-state index contributed by atoms with van der Waals surface area (Å²) in [4.78, 5) is 13.3. The van der Waals surface area contributed by atoms with Gasteiger partial charge in [-0.05, 0) is 35.7 Å². The molecule has 0 aliphatic carbocycles. The molecule has 0 amide bonds. The number of methoxy groups -OCH3 is 1. The second-order valence-electron chi connectivity index (χ2n) is 6.87. The van der Waals surface area contributed by atoms with Crippen molar-refractivity contribution in [2.45, 2.75) is 19.8 Å². The van der Waals surface area contributed by atoms with Crippen molar-refractivity contribution in [3.8, 4) is 0 Å². The molecule has 0 unspecified atom stereocenters. The maximum Gasteiger partial charge on any atom is 0.154 e. The lowest BCUT2D eigenvalue weighted by Crippen LogP contribution is -2.09. The van der Waals surface area contributed by atoms with Crippen molar-refractivity contribution in [2.75, 3.05) is 26.1 Å². The lowest BCUT2D eigenvalue weighted by Gasteiger charge is -2.10. The molecule has 29 heavy (non-hydrogen) atoms. The van der Waals surface area contributed by atoms with Crippen molar-refractivity contribution in [3.05, 3.63) is 53.5 Å². The summed E-state index contributed by atoms with van der Waals surface area (Å²) < 4.78 is 5.15. The molecule has 0 atom stereocenters. The Balaban J connectivity index is 1.97. The van der Waals surface area contributed by atoms with E-state index in [9.17, 15) is 0 Å². The fraction of sp³-hybridized carbons (Fsp3) is 0.286. The summed E-state index contributed by atoms with van der Waals surface area (Å²) in [6, 6.07) is 7.68. The average molecular weight is 391 g/mol. The van der Waals surface area contributed by atoms with Crippen LogP contribution >= 0.6 is 0 Å². The second kappa shape index (κ2) is 9.20. The molecule has 0 fully saturated rings. The quantitative estimate of drug-likeness (QED) is 0.594. The van der Waals surface area contributed by atoms with Crippen LogP contribution in [0.25, 0.3) is 16.6 Å². The standard InChI is InChI=1S/C21H25N7O/c1-13(2)14-8-21(28-25-10-14)27-20-6-5-18-19(26-20)7-15(9-24-18)16(11-23-3)17(22)12-29-4/h5-11,13H,12,22H2,1-4H3,(H,26,27,28). The number of nitrogens with two attached hydrogens (primary N) is 1. The van der Waals surface area contributed by atoms with E-state index in [1.165, 1.54) is 0 Å². The number of anilines is 2. The Morgan fingerprint density at radius 2 is 2.03 bits per heavy atom. The summed E-state index contributed by atoms with van der Waals surface area (Å²) in [6.07, 6.45) is 5.23. The number of fused-ring (bicyclic) bond motifs is 1. The maximum atomic E-state index is 6.15. The average Bonchev–Trinajstić information content (AvgIpc) is 2.72. The number of pyridine rings is 2. The Morgan fingerprint density at radius 3 is 2.76 bits per heavy atom. The Kier molecular flexibility index (Phi) is 6.46. The van der Waals surface area contributed by atoms with Crippen molar-refractivity contribution in [1.29, 1.82) is 0 Å². The summed E-state index contributed by atoms with van der Waals surface area (Å²) in [5, 5.41) is 11.4. The van der Waals surface area contributed by atoms with Crippen LogP contribution in [0, 0.1) is 0 Å². The molecule has 0 bridgehead atoms. The number of allylic oxidation sites excluding steroid dienone is 1. The van der Waals surface area contributed by atoms with E-state index >= 15 is 0 Å². The number of nitrogens with one attached hydrogen (secondary N) is 1. The molecular weight excluding hydrogens is 366 g/mol. The van der Waals surface area contributed by atoms with Crippen molar-refractivity contribution in [3.63, 3.8) is 0 Å². The van der Waals surface area contributed by atoms with Crippen LogP contribution in [0.5, 0.6) is 0 Å². The second-order valence-corrected chi connectivity index (χ2v) is 6.87. The van der Waals surface area contributed by atoms with Crippen molar-refractivity contribution in [1.82, 2.24) is 20.2 Å². The molecule has 0 radical (unpaired) electrons. The van der Waals surface area contributed by atoms with Crippen LogP contribution in [0.3, 0.4) is 0 Å². The van der Waals surface area contributed by atoms with Gasteiger partial charge in [0, 0.05) is 43.4 Å². The van der Waals surface area contributed by atoms with E-state index < -0.39 is 0 Å². The molecule has 0 aliphatic heterocycles. The highest BCUT2D eigenvalue weighted by molar-refractivity contribution is 6.11. The number of hydrogen-bond donors (Lipinski definition) is 2. The van der Waals surface area contributed by atoms with E-state index in [1.807, 2.05) is 24.3 Å². The molecule has 150 valence electrons. The molecule has 3 rings (SSSR count). The predicted molar refractivity (Wildman–Crippen MR) is 116 cm³/mol. The molecule has 3 aromatic rings. The lowest BCUT2D eigenvalue weighted by atomic mass is 10.1. The molecular formula is C21H25N7O. The van der Waals surface area contributed by atoms with Crippen molar-refractivity contribution < 1.29 is 4.74 Å². The first-order valence-electron chi connectivity index (χ1n) is 9.28. The Hall–Kier alpha value is -3.39. The minimum Gasteiger partial charge on any atom is -0.400 e. The SMILES string of the molecule is CN=CC(=C(N)COC)c1cnc2ccc(Nc3cc(C(C)C)cnn3)nc2c1.